The molecule has 0 aromatic rings. The number of rotatable bonds is 1. The predicted molar refractivity (Wildman–Crippen MR) is 47.0 cm³/mol. The van der Waals surface area contributed by atoms with Gasteiger partial charge in [0.1, 0.15) is 0 Å². The molecule has 0 bridgehead atoms. The number of hydrogen-bond acceptors (Lipinski definition) is 2. The first-order valence-electron chi connectivity index (χ1n) is 3.79. The van der Waals surface area contributed by atoms with Gasteiger partial charge in [0, 0.05) is 7.05 Å². The molecule has 1 heterocycles. The van der Waals surface area contributed by atoms with Crippen LogP contribution >= 0.6 is 12.4 Å². The second kappa shape index (κ2) is 5.38. The first kappa shape index (κ1) is 10.7. The van der Waals surface area contributed by atoms with Crippen molar-refractivity contribution in [2.45, 2.75) is 25.3 Å². The Kier molecular flexibility index (Phi) is 5.24. The molecule has 1 atom stereocenters. The molecule has 0 aromatic heterocycles. The Hall–Kier alpha value is -0.280. The van der Waals surface area contributed by atoms with E-state index in [2.05, 4.69) is 10.6 Å². The summed E-state index contributed by atoms with van der Waals surface area (Å²) in [6.45, 7) is 0.984. The molecule has 0 aliphatic carbocycles. The molecule has 1 aliphatic heterocycles. The lowest BCUT2D eigenvalue weighted by Gasteiger charge is -2.21. The number of carbonyl (C=O) groups excluding carboxylic acids is 1. The van der Waals surface area contributed by atoms with Crippen LogP contribution in [0.15, 0.2) is 0 Å². The molecule has 11 heavy (non-hydrogen) atoms. The van der Waals surface area contributed by atoms with E-state index in [4.69, 9.17) is 0 Å². The van der Waals surface area contributed by atoms with Crippen molar-refractivity contribution in [1.29, 1.82) is 0 Å². The normalized spacial score (nSPS) is 23.5. The van der Waals surface area contributed by atoms with Crippen LogP contribution in [0.4, 0.5) is 0 Å². The van der Waals surface area contributed by atoms with E-state index in [9.17, 15) is 4.79 Å². The summed E-state index contributed by atoms with van der Waals surface area (Å²) in [5.74, 6) is 0.125. The number of piperidine rings is 1. The summed E-state index contributed by atoms with van der Waals surface area (Å²) in [5, 5.41) is 5.79. The Balaban J connectivity index is 0.000001000. The average Bonchev–Trinajstić information content (AvgIpc) is 2.05. The molecule has 1 amide bonds. The molecule has 0 aromatic carbocycles. The van der Waals surface area contributed by atoms with E-state index < -0.39 is 0 Å². The Morgan fingerprint density at radius 1 is 1.55 bits per heavy atom. The Morgan fingerprint density at radius 2 is 2.27 bits per heavy atom. The molecule has 4 heteroatoms. The fraction of sp³-hybridized carbons (Fsp3) is 0.857. The Morgan fingerprint density at radius 3 is 2.73 bits per heavy atom. The number of amides is 1. The standard InChI is InChI=1S/C7H14N2O.ClH/c1-8-7(10)6-4-2-3-5-9-6;/h6,9H,2-5H2,1H3,(H,8,10);1H/t6-;/m1./s1. The number of likely N-dealkylation sites (N-methyl/N-ethyl adjacent to an activating group) is 1. The van der Waals surface area contributed by atoms with Crippen molar-refractivity contribution in [2.24, 2.45) is 0 Å². The third kappa shape index (κ3) is 3.08. The molecule has 1 fully saturated rings. The first-order valence-corrected chi connectivity index (χ1v) is 3.79. The van der Waals surface area contributed by atoms with E-state index >= 15 is 0 Å². The Labute approximate surface area is 73.3 Å². The lowest BCUT2D eigenvalue weighted by atomic mass is 10.0. The lowest BCUT2D eigenvalue weighted by molar-refractivity contribution is -0.123. The van der Waals surface area contributed by atoms with Crippen LogP contribution in [0.1, 0.15) is 19.3 Å². The van der Waals surface area contributed by atoms with Crippen LogP contribution in [0.25, 0.3) is 0 Å². The second-order valence-corrected chi connectivity index (χ2v) is 2.62. The highest BCUT2D eigenvalue weighted by Crippen LogP contribution is 2.05. The predicted octanol–water partition coefficient (Wildman–Crippen LogP) is 0.296. The summed E-state index contributed by atoms with van der Waals surface area (Å²) in [6, 6.07) is 0.0683. The van der Waals surface area contributed by atoms with Crippen molar-refractivity contribution in [1.82, 2.24) is 10.6 Å². The molecule has 0 saturated carbocycles. The maximum absolute atomic E-state index is 11.0. The minimum Gasteiger partial charge on any atom is -0.358 e. The molecule has 1 aliphatic rings. The van der Waals surface area contributed by atoms with Gasteiger partial charge in [-0.15, -0.1) is 12.4 Å². The van der Waals surface area contributed by atoms with Crippen molar-refractivity contribution in [3.8, 4) is 0 Å². The fourth-order valence-electron chi connectivity index (χ4n) is 1.25. The minimum absolute atomic E-state index is 0. The second-order valence-electron chi connectivity index (χ2n) is 2.62. The van der Waals surface area contributed by atoms with E-state index in [1.165, 1.54) is 12.8 Å². The van der Waals surface area contributed by atoms with E-state index in [1.54, 1.807) is 7.05 Å². The van der Waals surface area contributed by atoms with Crippen molar-refractivity contribution in [2.75, 3.05) is 13.6 Å². The monoisotopic (exact) mass is 178 g/mol. The van der Waals surface area contributed by atoms with Gasteiger partial charge in [-0.05, 0) is 19.4 Å². The van der Waals surface area contributed by atoms with Gasteiger partial charge < -0.3 is 10.6 Å². The van der Waals surface area contributed by atoms with Crippen LogP contribution in [-0.4, -0.2) is 25.5 Å². The molecule has 0 spiro atoms. The molecular weight excluding hydrogens is 164 g/mol. The van der Waals surface area contributed by atoms with Crippen molar-refractivity contribution in [3.63, 3.8) is 0 Å². The zero-order valence-corrected chi connectivity index (χ0v) is 7.54. The van der Waals surface area contributed by atoms with Gasteiger partial charge in [0.15, 0.2) is 0 Å². The largest absolute Gasteiger partial charge is 0.358 e. The molecule has 0 unspecified atom stereocenters. The molecular formula is C7H15ClN2O. The smallest absolute Gasteiger partial charge is 0.236 e. The highest BCUT2D eigenvalue weighted by Gasteiger charge is 2.18. The minimum atomic E-state index is 0. The van der Waals surface area contributed by atoms with Gasteiger partial charge in [-0.25, -0.2) is 0 Å². The van der Waals surface area contributed by atoms with E-state index in [-0.39, 0.29) is 24.4 Å². The van der Waals surface area contributed by atoms with E-state index in [0.717, 1.165) is 13.0 Å². The molecule has 1 rings (SSSR count). The maximum Gasteiger partial charge on any atom is 0.236 e. The number of halogens is 1. The van der Waals surface area contributed by atoms with Gasteiger partial charge in [-0.1, -0.05) is 6.42 Å². The van der Waals surface area contributed by atoms with E-state index in [1.807, 2.05) is 0 Å². The topological polar surface area (TPSA) is 41.1 Å². The quantitative estimate of drug-likeness (QED) is 0.607. The summed E-state index contributed by atoms with van der Waals surface area (Å²) < 4.78 is 0. The van der Waals surface area contributed by atoms with Gasteiger partial charge >= 0.3 is 0 Å². The van der Waals surface area contributed by atoms with Crippen LogP contribution in [0.3, 0.4) is 0 Å². The van der Waals surface area contributed by atoms with Crippen LogP contribution < -0.4 is 10.6 Å². The zero-order valence-electron chi connectivity index (χ0n) is 6.72. The summed E-state index contributed by atoms with van der Waals surface area (Å²) in [7, 11) is 1.68. The fourth-order valence-corrected chi connectivity index (χ4v) is 1.25. The summed E-state index contributed by atoms with van der Waals surface area (Å²) in [5.41, 5.74) is 0. The first-order chi connectivity index (χ1) is 4.84. The molecule has 0 radical (unpaired) electrons. The Bertz CT molecular complexity index is 124. The van der Waals surface area contributed by atoms with E-state index in [0.29, 0.717) is 0 Å². The van der Waals surface area contributed by atoms with Crippen molar-refractivity contribution >= 4 is 18.3 Å². The lowest BCUT2D eigenvalue weighted by Crippen LogP contribution is -2.45. The van der Waals surface area contributed by atoms with Crippen LogP contribution in [-0.2, 0) is 4.79 Å². The molecule has 66 valence electrons. The summed E-state index contributed by atoms with van der Waals surface area (Å²) >= 11 is 0. The zero-order chi connectivity index (χ0) is 7.40. The van der Waals surface area contributed by atoms with Crippen LogP contribution in [0, 0.1) is 0 Å². The highest BCUT2D eigenvalue weighted by molar-refractivity contribution is 5.85. The van der Waals surface area contributed by atoms with Crippen LogP contribution in [0.5, 0.6) is 0 Å². The third-order valence-corrected chi connectivity index (χ3v) is 1.87. The number of hydrogen-bond donors (Lipinski definition) is 2. The molecule has 2 N–H and O–H groups in total. The van der Waals surface area contributed by atoms with Gasteiger partial charge in [0.2, 0.25) is 5.91 Å². The third-order valence-electron chi connectivity index (χ3n) is 1.87. The molecule has 3 nitrogen and oxygen atoms in total. The van der Waals surface area contributed by atoms with Crippen LogP contribution in [0.2, 0.25) is 0 Å². The highest BCUT2D eigenvalue weighted by atomic mass is 35.5. The maximum atomic E-state index is 11.0. The SMILES string of the molecule is CNC(=O)[C@H]1CCCCN1.Cl. The van der Waals surface area contributed by atoms with Crippen molar-refractivity contribution in [3.05, 3.63) is 0 Å². The van der Waals surface area contributed by atoms with Gasteiger partial charge in [-0.3, -0.25) is 4.79 Å². The number of carbonyl (C=O) groups is 1. The summed E-state index contributed by atoms with van der Waals surface area (Å²) in [4.78, 5) is 11.0. The van der Waals surface area contributed by atoms with Gasteiger partial charge in [0.25, 0.3) is 0 Å². The van der Waals surface area contributed by atoms with Gasteiger partial charge in [0.05, 0.1) is 6.04 Å². The average molecular weight is 179 g/mol. The molecule has 1 saturated heterocycles. The summed E-state index contributed by atoms with van der Waals surface area (Å²) in [6.07, 6.45) is 3.36. The number of nitrogens with one attached hydrogen (secondary N) is 2. The van der Waals surface area contributed by atoms with Gasteiger partial charge in [-0.2, -0.15) is 0 Å². The van der Waals surface area contributed by atoms with Crippen molar-refractivity contribution < 1.29 is 4.79 Å².